The summed E-state index contributed by atoms with van der Waals surface area (Å²) >= 11 is 0. The van der Waals surface area contributed by atoms with Gasteiger partial charge in [-0.05, 0) is 25.0 Å². The molecule has 0 saturated heterocycles. The minimum Gasteiger partial charge on any atom is -0.495 e. The molecule has 1 aromatic rings. The molecule has 5 nitrogen and oxygen atoms in total. The highest BCUT2D eigenvalue weighted by Gasteiger charge is 2.40. The second-order valence-corrected chi connectivity index (χ2v) is 4.96. The number of methoxy groups -OCH3 is 1. The highest BCUT2D eigenvalue weighted by atomic mass is 16.5. The Hall–Kier alpha value is -1.59. The zero-order valence-electron chi connectivity index (χ0n) is 11.6. The van der Waals surface area contributed by atoms with Gasteiger partial charge in [0.2, 0.25) is 5.91 Å². The summed E-state index contributed by atoms with van der Waals surface area (Å²) in [5.74, 6) is 0.520. The maximum Gasteiger partial charge on any atom is 0.223 e. The summed E-state index contributed by atoms with van der Waals surface area (Å²) in [5.41, 5.74) is 6.91. The number of fused-ring (bicyclic) bond motifs is 1. The SMILES string of the molecule is COc1ccc(C)c2c1N(C(C)=O)CCC2(O)CN. The quantitative estimate of drug-likeness (QED) is 0.832. The molecule has 0 aromatic heterocycles. The summed E-state index contributed by atoms with van der Waals surface area (Å²) < 4.78 is 5.34. The van der Waals surface area contributed by atoms with Gasteiger partial charge < -0.3 is 20.5 Å². The highest BCUT2D eigenvalue weighted by molar-refractivity contribution is 5.95. The smallest absolute Gasteiger partial charge is 0.223 e. The van der Waals surface area contributed by atoms with E-state index in [1.165, 1.54) is 6.92 Å². The normalized spacial score (nSPS) is 22.1. The van der Waals surface area contributed by atoms with Gasteiger partial charge in [-0.3, -0.25) is 4.79 Å². The van der Waals surface area contributed by atoms with Crippen molar-refractivity contribution in [2.45, 2.75) is 25.9 Å². The zero-order valence-corrected chi connectivity index (χ0v) is 11.6. The molecule has 1 aromatic carbocycles. The van der Waals surface area contributed by atoms with Crippen molar-refractivity contribution >= 4 is 11.6 Å². The molecule has 104 valence electrons. The Kier molecular flexibility index (Phi) is 3.52. The average molecular weight is 264 g/mol. The first kappa shape index (κ1) is 13.8. The van der Waals surface area contributed by atoms with Crippen molar-refractivity contribution in [3.63, 3.8) is 0 Å². The summed E-state index contributed by atoms with van der Waals surface area (Å²) in [4.78, 5) is 13.4. The van der Waals surface area contributed by atoms with Gasteiger partial charge in [0.15, 0.2) is 0 Å². The third kappa shape index (κ3) is 2.09. The first-order valence-electron chi connectivity index (χ1n) is 6.33. The van der Waals surface area contributed by atoms with Gasteiger partial charge >= 0.3 is 0 Å². The van der Waals surface area contributed by atoms with Gasteiger partial charge in [-0.2, -0.15) is 0 Å². The van der Waals surface area contributed by atoms with Crippen molar-refractivity contribution in [1.29, 1.82) is 0 Å². The molecule has 0 radical (unpaired) electrons. The standard InChI is InChI=1S/C14H20N2O3/c1-9-4-5-11(19-3)13-12(9)14(18,8-15)6-7-16(13)10(2)17/h4-5,18H,6-8,15H2,1-3H3. The van der Waals surface area contributed by atoms with Gasteiger partial charge in [0.05, 0.1) is 12.8 Å². The van der Waals surface area contributed by atoms with Crippen molar-refractivity contribution in [2.75, 3.05) is 25.1 Å². The fourth-order valence-corrected chi connectivity index (χ4v) is 2.75. The maximum atomic E-state index is 11.8. The number of nitrogens with two attached hydrogens (primary N) is 1. The number of amides is 1. The van der Waals surface area contributed by atoms with Crippen LogP contribution in [0.4, 0.5) is 5.69 Å². The molecule has 1 amide bonds. The van der Waals surface area contributed by atoms with Crippen LogP contribution < -0.4 is 15.4 Å². The van der Waals surface area contributed by atoms with Gasteiger partial charge in [-0.1, -0.05) is 6.07 Å². The van der Waals surface area contributed by atoms with Crippen LogP contribution in [0.5, 0.6) is 5.75 Å². The van der Waals surface area contributed by atoms with Crippen LogP contribution >= 0.6 is 0 Å². The Morgan fingerprint density at radius 2 is 2.26 bits per heavy atom. The first-order valence-corrected chi connectivity index (χ1v) is 6.33. The highest BCUT2D eigenvalue weighted by Crippen LogP contribution is 2.45. The molecule has 1 atom stereocenters. The Morgan fingerprint density at radius 1 is 1.58 bits per heavy atom. The Balaban J connectivity index is 2.73. The van der Waals surface area contributed by atoms with Gasteiger partial charge in [0.25, 0.3) is 0 Å². The Labute approximate surface area is 113 Å². The molecule has 0 bridgehead atoms. The van der Waals surface area contributed by atoms with Crippen molar-refractivity contribution < 1.29 is 14.6 Å². The monoisotopic (exact) mass is 264 g/mol. The number of ether oxygens (including phenoxy) is 1. The number of carbonyl (C=O) groups is 1. The molecule has 1 unspecified atom stereocenters. The average Bonchev–Trinajstić information content (AvgIpc) is 2.39. The molecule has 19 heavy (non-hydrogen) atoms. The fourth-order valence-electron chi connectivity index (χ4n) is 2.75. The minimum absolute atomic E-state index is 0.0655. The van der Waals surface area contributed by atoms with E-state index in [0.29, 0.717) is 30.0 Å². The van der Waals surface area contributed by atoms with E-state index in [2.05, 4.69) is 0 Å². The van der Waals surface area contributed by atoms with Crippen LogP contribution in [0.2, 0.25) is 0 Å². The number of aryl methyl sites for hydroxylation is 1. The number of rotatable bonds is 2. The molecule has 0 saturated carbocycles. The van der Waals surface area contributed by atoms with E-state index < -0.39 is 5.60 Å². The van der Waals surface area contributed by atoms with Crippen molar-refractivity contribution in [2.24, 2.45) is 5.73 Å². The summed E-state index contributed by atoms with van der Waals surface area (Å²) in [6.45, 7) is 3.98. The second-order valence-electron chi connectivity index (χ2n) is 4.96. The van der Waals surface area contributed by atoms with E-state index in [0.717, 1.165) is 5.56 Å². The van der Waals surface area contributed by atoms with Crippen molar-refractivity contribution in [3.05, 3.63) is 23.3 Å². The van der Waals surface area contributed by atoms with E-state index in [1.807, 2.05) is 19.1 Å². The molecule has 3 N–H and O–H groups in total. The maximum absolute atomic E-state index is 11.8. The molecule has 0 fully saturated rings. The minimum atomic E-state index is -1.10. The molecule has 0 aliphatic carbocycles. The molecule has 5 heteroatoms. The lowest BCUT2D eigenvalue weighted by molar-refractivity contribution is -0.117. The second kappa shape index (κ2) is 4.83. The van der Waals surface area contributed by atoms with E-state index >= 15 is 0 Å². The fraction of sp³-hybridized carbons (Fsp3) is 0.500. The van der Waals surface area contributed by atoms with E-state index in [4.69, 9.17) is 10.5 Å². The van der Waals surface area contributed by atoms with E-state index in [1.54, 1.807) is 12.0 Å². The van der Waals surface area contributed by atoms with Crippen LogP contribution in [0, 0.1) is 6.92 Å². The number of benzene rings is 1. The third-order valence-corrected chi connectivity index (χ3v) is 3.77. The molecule has 1 aliphatic rings. The molecule has 1 aliphatic heterocycles. The van der Waals surface area contributed by atoms with Crippen LogP contribution in [-0.2, 0) is 10.4 Å². The van der Waals surface area contributed by atoms with Crippen LogP contribution in [-0.4, -0.2) is 31.2 Å². The summed E-state index contributed by atoms with van der Waals surface area (Å²) in [5, 5.41) is 10.7. The number of nitrogens with zero attached hydrogens (tertiary/aromatic N) is 1. The van der Waals surface area contributed by atoms with Gasteiger partial charge in [-0.15, -0.1) is 0 Å². The van der Waals surface area contributed by atoms with Crippen LogP contribution in [0.25, 0.3) is 0 Å². The van der Waals surface area contributed by atoms with E-state index in [9.17, 15) is 9.90 Å². The number of anilines is 1. The number of hydrogen-bond donors (Lipinski definition) is 2. The lowest BCUT2D eigenvalue weighted by Gasteiger charge is -2.40. The summed E-state index contributed by atoms with van der Waals surface area (Å²) in [6, 6.07) is 3.69. The van der Waals surface area contributed by atoms with Gasteiger partial charge in [0, 0.05) is 25.6 Å². The zero-order chi connectivity index (χ0) is 14.2. The van der Waals surface area contributed by atoms with Crippen LogP contribution in [0.3, 0.4) is 0 Å². The lowest BCUT2D eigenvalue weighted by atomic mass is 9.82. The number of aliphatic hydroxyl groups is 1. The summed E-state index contributed by atoms with van der Waals surface area (Å²) in [6.07, 6.45) is 0.435. The largest absolute Gasteiger partial charge is 0.495 e. The topological polar surface area (TPSA) is 75.8 Å². The van der Waals surface area contributed by atoms with Crippen LogP contribution in [0.15, 0.2) is 12.1 Å². The lowest BCUT2D eigenvalue weighted by Crippen LogP contribution is -2.46. The molecular formula is C14H20N2O3. The molecular weight excluding hydrogens is 244 g/mol. The predicted molar refractivity (Wildman–Crippen MR) is 73.3 cm³/mol. The Bertz CT molecular complexity index is 516. The molecule has 2 rings (SSSR count). The van der Waals surface area contributed by atoms with Gasteiger partial charge in [0.1, 0.15) is 11.4 Å². The molecule has 1 heterocycles. The van der Waals surface area contributed by atoms with E-state index in [-0.39, 0.29) is 12.5 Å². The van der Waals surface area contributed by atoms with Crippen molar-refractivity contribution in [3.8, 4) is 5.75 Å². The number of carbonyl (C=O) groups excluding carboxylic acids is 1. The molecule has 0 spiro atoms. The predicted octanol–water partition coefficient (Wildman–Crippen LogP) is 0.907. The number of hydrogen-bond acceptors (Lipinski definition) is 4. The first-order chi connectivity index (χ1) is 8.94. The third-order valence-electron chi connectivity index (χ3n) is 3.77. The van der Waals surface area contributed by atoms with Gasteiger partial charge in [-0.25, -0.2) is 0 Å². The van der Waals surface area contributed by atoms with Crippen molar-refractivity contribution in [1.82, 2.24) is 0 Å². The summed E-state index contributed by atoms with van der Waals surface area (Å²) in [7, 11) is 1.55. The van der Waals surface area contributed by atoms with Crippen LogP contribution in [0.1, 0.15) is 24.5 Å². The Morgan fingerprint density at radius 3 is 2.79 bits per heavy atom.